The highest BCUT2D eigenvalue weighted by molar-refractivity contribution is 7.20. The monoisotopic (exact) mass is 330 g/mol. The van der Waals surface area contributed by atoms with Crippen LogP contribution in [0.3, 0.4) is 0 Å². The zero-order valence-electron chi connectivity index (χ0n) is 13.1. The van der Waals surface area contributed by atoms with Crippen molar-refractivity contribution in [3.8, 4) is 0 Å². The van der Waals surface area contributed by atoms with Crippen molar-refractivity contribution in [2.75, 3.05) is 13.1 Å². The van der Waals surface area contributed by atoms with E-state index in [-0.39, 0.29) is 11.9 Å². The second-order valence-electron chi connectivity index (χ2n) is 5.96. The van der Waals surface area contributed by atoms with Crippen LogP contribution in [0.5, 0.6) is 0 Å². The van der Waals surface area contributed by atoms with Gasteiger partial charge in [-0.05, 0) is 25.8 Å². The van der Waals surface area contributed by atoms with E-state index in [4.69, 9.17) is 0 Å². The Morgan fingerprint density at radius 2 is 2.30 bits per heavy atom. The van der Waals surface area contributed by atoms with Crippen molar-refractivity contribution in [1.82, 2.24) is 29.4 Å². The number of piperidine rings is 1. The minimum absolute atomic E-state index is 0.107. The van der Waals surface area contributed by atoms with Crippen molar-refractivity contribution in [3.63, 3.8) is 0 Å². The molecule has 1 fully saturated rings. The van der Waals surface area contributed by atoms with Crippen LogP contribution in [0.2, 0.25) is 0 Å². The molecule has 1 amide bonds. The molecule has 3 aromatic heterocycles. The lowest BCUT2D eigenvalue weighted by molar-refractivity contribution is 0.0678. The number of carbonyl (C=O) groups excluding carboxylic acids is 1. The van der Waals surface area contributed by atoms with Gasteiger partial charge < -0.3 is 4.90 Å². The zero-order chi connectivity index (χ0) is 16.0. The van der Waals surface area contributed by atoms with Gasteiger partial charge in [0.25, 0.3) is 5.91 Å². The first-order valence-electron chi connectivity index (χ1n) is 7.70. The molecule has 0 N–H and O–H groups in total. The van der Waals surface area contributed by atoms with E-state index < -0.39 is 0 Å². The fraction of sp³-hybridized carbons (Fsp3) is 0.467. The Balaban J connectivity index is 1.58. The maximum atomic E-state index is 12.9. The predicted octanol–water partition coefficient (Wildman–Crippen LogP) is 2.01. The summed E-state index contributed by atoms with van der Waals surface area (Å²) in [5.74, 6) is 0.107. The van der Waals surface area contributed by atoms with Gasteiger partial charge in [-0.2, -0.15) is 10.2 Å². The predicted molar refractivity (Wildman–Crippen MR) is 87.5 cm³/mol. The molecule has 1 atom stereocenters. The molecule has 0 radical (unpaired) electrons. The number of likely N-dealkylation sites (tertiary alicyclic amines) is 1. The van der Waals surface area contributed by atoms with Crippen molar-refractivity contribution in [2.45, 2.75) is 25.8 Å². The summed E-state index contributed by atoms with van der Waals surface area (Å²) >= 11 is 1.52. The van der Waals surface area contributed by atoms with Crippen molar-refractivity contribution >= 4 is 27.5 Å². The molecule has 7 nitrogen and oxygen atoms in total. The minimum Gasteiger partial charge on any atom is -0.336 e. The van der Waals surface area contributed by atoms with E-state index in [1.54, 1.807) is 12.7 Å². The van der Waals surface area contributed by atoms with Crippen LogP contribution in [0.15, 0.2) is 18.7 Å². The van der Waals surface area contributed by atoms with Crippen LogP contribution >= 0.6 is 11.3 Å². The quantitative estimate of drug-likeness (QED) is 0.721. The molecule has 4 heterocycles. The average molecular weight is 330 g/mol. The number of rotatable bonds is 2. The van der Waals surface area contributed by atoms with Crippen LogP contribution in [-0.4, -0.2) is 48.4 Å². The van der Waals surface area contributed by atoms with Crippen molar-refractivity contribution in [1.29, 1.82) is 0 Å². The normalized spacial score (nSPS) is 18.7. The average Bonchev–Trinajstić information content (AvgIpc) is 3.27. The summed E-state index contributed by atoms with van der Waals surface area (Å²) in [7, 11) is 1.92. The fourth-order valence-electron chi connectivity index (χ4n) is 3.23. The van der Waals surface area contributed by atoms with E-state index >= 15 is 0 Å². The standard InChI is InChI=1S/C15H18N6OS/c1-10-12-6-13(23-15(12)19(2)18-10)14(22)20-5-3-4-11(7-20)21-9-16-8-17-21/h6,8-9,11H,3-5,7H2,1-2H3/t11-/m0/s1. The summed E-state index contributed by atoms with van der Waals surface area (Å²) in [6, 6.07) is 2.19. The van der Waals surface area contributed by atoms with Crippen LogP contribution in [0, 0.1) is 6.92 Å². The molecule has 1 saturated heterocycles. The highest BCUT2D eigenvalue weighted by Gasteiger charge is 2.27. The maximum absolute atomic E-state index is 12.9. The lowest BCUT2D eigenvalue weighted by Gasteiger charge is -2.32. The Hall–Kier alpha value is -2.22. The van der Waals surface area contributed by atoms with Gasteiger partial charge in [-0.25, -0.2) is 9.67 Å². The highest BCUT2D eigenvalue weighted by Crippen LogP contribution is 2.30. The number of carbonyl (C=O) groups is 1. The molecule has 0 spiro atoms. The van der Waals surface area contributed by atoms with Crippen LogP contribution in [0.25, 0.3) is 10.2 Å². The number of amides is 1. The SMILES string of the molecule is Cc1nn(C)c2sc(C(=O)N3CCC[C@H](n4cncn4)C3)cc12. The first kappa shape index (κ1) is 14.4. The lowest BCUT2D eigenvalue weighted by Crippen LogP contribution is -2.40. The van der Waals surface area contributed by atoms with Crippen LogP contribution in [0.4, 0.5) is 0 Å². The smallest absolute Gasteiger partial charge is 0.264 e. The second-order valence-corrected chi connectivity index (χ2v) is 6.99. The number of aromatic nitrogens is 5. The molecule has 23 heavy (non-hydrogen) atoms. The van der Waals surface area contributed by atoms with E-state index in [1.165, 1.54) is 11.3 Å². The van der Waals surface area contributed by atoms with Crippen molar-refractivity contribution in [3.05, 3.63) is 29.3 Å². The van der Waals surface area contributed by atoms with Gasteiger partial charge in [0.2, 0.25) is 0 Å². The van der Waals surface area contributed by atoms with Crippen molar-refractivity contribution in [2.24, 2.45) is 7.05 Å². The van der Waals surface area contributed by atoms with E-state index in [1.807, 2.05) is 34.3 Å². The molecular formula is C15H18N6OS. The van der Waals surface area contributed by atoms with Crippen LogP contribution in [0.1, 0.15) is 34.2 Å². The van der Waals surface area contributed by atoms with Gasteiger partial charge in [-0.1, -0.05) is 0 Å². The summed E-state index contributed by atoms with van der Waals surface area (Å²) in [4.78, 5) is 20.6. The topological polar surface area (TPSA) is 68.8 Å². The third-order valence-electron chi connectivity index (χ3n) is 4.40. The molecule has 0 bridgehead atoms. The first-order chi connectivity index (χ1) is 11.1. The van der Waals surface area contributed by atoms with Gasteiger partial charge in [0.15, 0.2) is 0 Å². The van der Waals surface area contributed by atoms with E-state index in [2.05, 4.69) is 15.2 Å². The Morgan fingerprint density at radius 3 is 3.04 bits per heavy atom. The maximum Gasteiger partial charge on any atom is 0.264 e. The van der Waals surface area contributed by atoms with Gasteiger partial charge >= 0.3 is 0 Å². The van der Waals surface area contributed by atoms with E-state index in [0.717, 1.165) is 40.2 Å². The number of fused-ring (bicyclic) bond motifs is 1. The first-order valence-corrected chi connectivity index (χ1v) is 8.51. The number of nitrogens with zero attached hydrogens (tertiary/aromatic N) is 6. The van der Waals surface area contributed by atoms with Gasteiger partial charge in [0.1, 0.15) is 17.5 Å². The molecule has 0 unspecified atom stereocenters. The highest BCUT2D eigenvalue weighted by atomic mass is 32.1. The molecule has 120 valence electrons. The van der Waals surface area contributed by atoms with Gasteiger partial charge in [-0.15, -0.1) is 11.3 Å². The summed E-state index contributed by atoms with van der Waals surface area (Å²) in [6.07, 6.45) is 5.29. The molecule has 1 aliphatic heterocycles. The van der Waals surface area contributed by atoms with E-state index in [9.17, 15) is 4.79 Å². The molecule has 8 heteroatoms. The number of aryl methyl sites for hydroxylation is 2. The number of thiophene rings is 1. The molecule has 3 aromatic rings. The van der Waals surface area contributed by atoms with Gasteiger partial charge in [-0.3, -0.25) is 9.48 Å². The van der Waals surface area contributed by atoms with Gasteiger partial charge in [0, 0.05) is 25.5 Å². The summed E-state index contributed by atoms with van der Waals surface area (Å²) < 4.78 is 3.71. The van der Waals surface area contributed by atoms with Gasteiger partial charge in [0.05, 0.1) is 16.6 Å². The van der Waals surface area contributed by atoms with Crippen molar-refractivity contribution < 1.29 is 4.79 Å². The Kier molecular flexibility index (Phi) is 3.41. The van der Waals surface area contributed by atoms with Crippen LogP contribution < -0.4 is 0 Å². The lowest BCUT2D eigenvalue weighted by atomic mass is 10.1. The molecule has 0 aliphatic carbocycles. The third-order valence-corrected chi connectivity index (χ3v) is 5.59. The summed E-state index contributed by atoms with van der Waals surface area (Å²) in [5, 5.41) is 9.68. The fourth-order valence-corrected chi connectivity index (χ4v) is 4.32. The zero-order valence-corrected chi connectivity index (χ0v) is 14.0. The molecule has 0 saturated carbocycles. The molecule has 1 aliphatic rings. The summed E-state index contributed by atoms with van der Waals surface area (Å²) in [5.41, 5.74) is 0.969. The Labute approximate surface area is 137 Å². The number of hydrogen-bond donors (Lipinski definition) is 0. The molecular weight excluding hydrogens is 312 g/mol. The van der Waals surface area contributed by atoms with E-state index in [0.29, 0.717) is 6.54 Å². The Bertz CT molecular complexity index is 814. The molecule has 0 aromatic carbocycles. The third kappa shape index (κ3) is 2.42. The Morgan fingerprint density at radius 1 is 1.43 bits per heavy atom. The molecule has 4 rings (SSSR count). The number of hydrogen-bond acceptors (Lipinski definition) is 5. The minimum atomic E-state index is 0.107. The van der Waals surface area contributed by atoms with Crippen LogP contribution in [-0.2, 0) is 7.05 Å². The second kappa shape index (κ2) is 5.45. The largest absolute Gasteiger partial charge is 0.336 e. The summed E-state index contributed by atoms with van der Waals surface area (Å²) in [6.45, 7) is 3.47.